The van der Waals surface area contributed by atoms with E-state index in [4.69, 9.17) is 9.47 Å². The molecule has 200 valence electrons. The molecule has 1 atom stereocenters. The molecule has 1 unspecified atom stereocenters. The van der Waals surface area contributed by atoms with Gasteiger partial charge in [0.1, 0.15) is 6.04 Å². The van der Waals surface area contributed by atoms with Gasteiger partial charge in [0.25, 0.3) is 0 Å². The van der Waals surface area contributed by atoms with Crippen molar-refractivity contribution in [3.8, 4) is 11.5 Å². The quantitative estimate of drug-likeness (QED) is 0.294. The van der Waals surface area contributed by atoms with Crippen LogP contribution in [0.5, 0.6) is 11.5 Å². The molecule has 39 heavy (non-hydrogen) atoms. The summed E-state index contributed by atoms with van der Waals surface area (Å²) in [6.45, 7) is 0.617. The van der Waals surface area contributed by atoms with E-state index in [1.54, 1.807) is 43.6 Å². The Morgan fingerprint density at radius 2 is 1.46 bits per heavy atom. The molecule has 4 rings (SSSR count). The van der Waals surface area contributed by atoms with Crippen LogP contribution in [0.25, 0.3) is 0 Å². The summed E-state index contributed by atoms with van der Waals surface area (Å²) in [6, 6.07) is 27.9. The van der Waals surface area contributed by atoms with Crippen molar-refractivity contribution in [2.24, 2.45) is 0 Å². The minimum atomic E-state index is -0.725. The molecule has 0 spiro atoms. The lowest BCUT2D eigenvalue weighted by molar-refractivity contribution is -0.140. The van der Waals surface area contributed by atoms with E-state index in [1.165, 1.54) is 0 Å². The first kappa shape index (κ1) is 27.4. The highest BCUT2D eigenvalue weighted by molar-refractivity contribution is 5.89. The summed E-state index contributed by atoms with van der Waals surface area (Å²) in [5.74, 6) is 0.752. The van der Waals surface area contributed by atoms with Crippen molar-refractivity contribution in [2.45, 2.75) is 32.0 Å². The number of carbonyl (C=O) groups is 2. The highest BCUT2D eigenvalue weighted by Crippen LogP contribution is 2.28. The number of hydrogen-bond donors (Lipinski definition) is 1. The average Bonchev–Trinajstić information content (AvgIpc) is 2.99. The predicted molar refractivity (Wildman–Crippen MR) is 150 cm³/mol. The Kier molecular flexibility index (Phi) is 9.67. The first-order valence-corrected chi connectivity index (χ1v) is 12.8. The number of amides is 2. The van der Waals surface area contributed by atoms with E-state index in [2.05, 4.69) is 10.3 Å². The molecule has 0 fully saturated rings. The molecular formula is C32H33N3O4. The number of pyridine rings is 1. The monoisotopic (exact) mass is 523 g/mol. The van der Waals surface area contributed by atoms with E-state index in [-0.39, 0.29) is 18.2 Å². The molecule has 0 aliphatic carbocycles. The maximum absolute atomic E-state index is 13.9. The molecule has 0 bridgehead atoms. The standard InChI is InChI=1S/C32H33N3O4/c1-38-29-16-15-26(19-30(29)39-2)20-31(36)35(23-25-12-7-4-8-13-25)28(18-24-10-5-3-6-11-24)32(37)34-22-27-14-9-17-33-21-27/h3-17,19,21,28H,18,20,22-23H2,1-2H3,(H,34,37). The summed E-state index contributed by atoms with van der Waals surface area (Å²) in [7, 11) is 3.14. The third-order valence-electron chi connectivity index (χ3n) is 6.46. The predicted octanol–water partition coefficient (Wildman–Crippen LogP) is 4.60. The Morgan fingerprint density at radius 1 is 0.795 bits per heavy atom. The first-order valence-electron chi connectivity index (χ1n) is 12.8. The van der Waals surface area contributed by atoms with Gasteiger partial charge in [0.15, 0.2) is 11.5 Å². The summed E-state index contributed by atoms with van der Waals surface area (Å²) in [5, 5.41) is 3.03. The molecule has 0 saturated carbocycles. The Balaban J connectivity index is 1.65. The van der Waals surface area contributed by atoms with Crippen molar-refractivity contribution < 1.29 is 19.1 Å². The van der Waals surface area contributed by atoms with Gasteiger partial charge >= 0.3 is 0 Å². The second-order valence-corrected chi connectivity index (χ2v) is 9.16. The molecule has 2 amide bonds. The Hall–Kier alpha value is -4.65. The molecule has 7 nitrogen and oxygen atoms in total. The number of nitrogens with zero attached hydrogens (tertiary/aromatic N) is 2. The van der Waals surface area contributed by atoms with Gasteiger partial charge in [-0.2, -0.15) is 0 Å². The van der Waals surface area contributed by atoms with Crippen LogP contribution in [0.1, 0.15) is 22.3 Å². The second-order valence-electron chi connectivity index (χ2n) is 9.16. The fraction of sp³-hybridized carbons (Fsp3) is 0.219. The number of carbonyl (C=O) groups excluding carboxylic acids is 2. The van der Waals surface area contributed by atoms with Crippen molar-refractivity contribution in [3.05, 3.63) is 126 Å². The second kappa shape index (κ2) is 13.8. The van der Waals surface area contributed by atoms with Crippen molar-refractivity contribution in [1.82, 2.24) is 15.2 Å². The van der Waals surface area contributed by atoms with E-state index < -0.39 is 6.04 Å². The van der Waals surface area contributed by atoms with E-state index in [0.29, 0.717) is 31.0 Å². The van der Waals surface area contributed by atoms with Crippen LogP contribution in [0, 0.1) is 0 Å². The van der Waals surface area contributed by atoms with Gasteiger partial charge in [-0.25, -0.2) is 0 Å². The largest absolute Gasteiger partial charge is 0.493 e. The van der Waals surface area contributed by atoms with Crippen molar-refractivity contribution in [2.75, 3.05) is 14.2 Å². The van der Waals surface area contributed by atoms with Crippen LogP contribution >= 0.6 is 0 Å². The SMILES string of the molecule is COc1ccc(CC(=O)N(Cc2ccccc2)C(Cc2ccccc2)C(=O)NCc2cccnc2)cc1OC. The topological polar surface area (TPSA) is 80.8 Å². The Labute approximate surface area is 229 Å². The van der Waals surface area contributed by atoms with Crippen LogP contribution in [-0.2, 0) is 35.5 Å². The van der Waals surface area contributed by atoms with Crippen LogP contribution in [0.2, 0.25) is 0 Å². The number of rotatable bonds is 12. The van der Waals surface area contributed by atoms with Crippen molar-refractivity contribution in [1.29, 1.82) is 0 Å². The van der Waals surface area contributed by atoms with Crippen LogP contribution < -0.4 is 14.8 Å². The lowest BCUT2D eigenvalue weighted by Gasteiger charge is -2.32. The van der Waals surface area contributed by atoms with E-state index in [1.807, 2.05) is 78.9 Å². The highest BCUT2D eigenvalue weighted by atomic mass is 16.5. The van der Waals surface area contributed by atoms with Gasteiger partial charge in [-0.05, 0) is 40.5 Å². The fourth-order valence-electron chi connectivity index (χ4n) is 4.41. The molecule has 0 radical (unpaired) electrons. The maximum Gasteiger partial charge on any atom is 0.243 e. The van der Waals surface area contributed by atoms with Gasteiger partial charge < -0.3 is 19.7 Å². The molecular weight excluding hydrogens is 490 g/mol. The lowest BCUT2D eigenvalue weighted by Crippen LogP contribution is -2.50. The van der Waals surface area contributed by atoms with Gasteiger partial charge in [0, 0.05) is 31.9 Å². The minimum absolute atomic E-state index is 0.106. The highest BCUT2D eigenvalue weighted by Gasteiger charge is 2.30. The molecule has 1 N–H and O–H groups in total. The fourth-order valence-corrected chi connectivity index (χ4v) is 4.41. The first-order chi connectivity index (χ1) is 19.1. The molecule has 0 aliphatic rings. The van der Waals surface area contributed by atoms with Gasteiger partial charge in [0.05, 0.1) is 20.6 Å². The van der Waals surface area contributed by atoms with Crippen LogP contribution in [-0.4, -0.2) is 42.0 Å². The van der Waals surface area contributed by atoms with Crippen LogP contribution in [0.15, 0.2) is 103 Å². The number of methoxy groups -OCH3 is 2. The number of nitrogens with one attached hydrogen (secondary N) is 1. The minimum Gasteiger partial charge on any atom is -0.493 e. The normalized spacial score (nSPS) is 11.3. The smallest absolute Gasteiger partial charge is 0.243 e. The van der Waals surface area contributed by atoms with Crippen LogP contribution in [0.4, 0.5) is 0 Å². The zero-order valence-electron chi connectivity index (χ0n) is 22.2. The summed E-state index contributed by atoms with van der Waals surface area (Å²) >= 11 is 0. The van der Waals surface area contributed by atoms with E-state index >= 15 is 0 Å². The molecule has 4 aromatic rings. The molecule has 3 aromatic carbocycles. The molecule has 0 saturated heterocycles. The van der Waals surface area contributed by atoms with Gasteiger partial charge in [-0.1, -0.05) is 72.8 Å². The van der Waals surface area contributed by atoms with E-state index in [0.717, 1.165) is 22.3 Å². The number of aromatic nitrogens is 1. The Morgan fingerprint density at radius 3 is 2.10 bits per heavy atom. The summed E-state index contributed by atoms with van der Waals surface area (Å²) in [5.41, 5.74) is 3.56. The lowest BCUT2D eigenvalue weighted by atomic mass is 10.0. The molecule has 0 aliphatic heterocycles. The summed E-state index contributed by atoms with van der Waals surface area (Å²) in [6.07, 6.45) is 3.90. The number of hydrogen-bond acceptors (Lipinski definition) is 5. The summed E-state index contributed by atoms with van der Waals surface area (Å²) in [4.78, 5) is 33.5. The molecule has 1 heterocycles. The van der Waals surface area contributed by atoms with Crippen molar-refractivity contribution >= 4 is 11.8 Å². The van der Waals surface area contributed by atoms with Gasteiger partial charge in [-0.15, -0.1) is 0 Å². The molecule has 1 aromatic heterocycles. The maximum atomic E-state index is 13.9. The van der Waals surface area contributed by atoms with Gasteiger partial charge in [-0.3, -0.25) is 14.6 Å². The zero-order valence-corrected chi connectivity index (χ0v) is 22.2. The number of ether oxygens (including phenoxy) is 2. The zero-order chi connectivity index (χ0) is 27.5. The number of benzene rings is 3. The summed E-state index contributed by atoms with van der Waals surface area (Å²) < 4.78 is 10.8. The van der Waals surface area contributed by atoms with Crippen LogP contribution in [0.3, 0.4) is 0 Å². The van der Waals surface area contributed by atoms with Crippen molar-refractivity contribution in [3.63, 3.8) is 0 Å². The third kappa shape index (κ3) is 7.68. The van der Waals surface area contributed by atoms with Gasteiger partial charge in [0.2, 0.25) is 11.8 Å². The average molecular weight is 524 g/mol. The third-order valence-corrected chi connectivity index (χ3v) is 6.46. The molecule has 7 heteroatoms. The van der Waals surface area contributed by atoms with E-state index in [9.17, 15) is 9.59 Å². The Bertz CT molecular complexity index is 1350.